The van der Waals surface area contributed by atoms with E-state index in [-0.39, 0.29) is 40.6 Å². The summed E-state index contributed by atoms with van der Waals surface area (Å²) >= 11 is 0. The minimum absolute atomic E-state index is 0.0512. The molecule has 3 N–H and O–H groups in total. The van der Waals surface area contributed by atoms with Crippen LogP contribution in [0.2, 0.25) is 0 Å². The number of rotatable bonds is 8. The summed E-state index contributed by atoms with van der Waals surface area (Å²) < 4.78 is 42.8. The largest absolute Gasteiger partial charge is 0.436 e. The van der Waals surface area contributed by atoms with Crippen LogP contribution in [0.5, 0.6) is 29.0 Å². The van der Waals surface area contributed by atoms with Crippen molar-refractivity contribution < 1.29 is 37.6 Å². The van der Waals surface area contributed by atoms with Crippen LogP contribution in [0.15, 0.2) is 91.5 Å². The number of nitrogens with two attached hydrogens (primary N) is 1. The third kappa shape index (κ3) is 9.07. The summed E-state index contributed by atoms with van der Waals surface area (Å²) in [5.74, 6) is -1.69. The maximum atomic E-state index is 13.9. The lowest BCUT2D eigenvalue weighted by molar-refractivity contribution is -0.385. The molecule has 0 aliphatic carbocycles. The van der Waals surface area contributed by atoms with Gasteiger partial charge in [0.1, 0.15) is 30.0 Å². The molecule has 2 aromatic heterocycles. The lowest BCUT2D eigenvalue weighted by Gasteiger charge is -2.08. The molecule has 0 saturated heterocycles. The average molecular weight is 620 g/mol. The third-order valence-electron chi connectivity index (χ3n) is 5.17. The molecule has 0 bridgehead atoms. The van der Waals surface area contributed by atoms with Gasteiger partial charge >= 0.3 is 6.09 Å². The number of halogens is 2. The summed E-state index contributed by atoms with van der Waals surface area (Å²) in [4.78, 5) is 46.5. The topological polar surface area (TPSA) is 221 Å². The molecule has 0 atom stereocenters. The Kier molecular flexibility index (Phi) is 9.92. The molecule has 0 aliphatic heterocycles. The number of aromatic nitrogens is 4. The van der Waals surface area contributed by atoms with E-state index in [1.165, 1.54) is 12.1 Å². The SMILES string of the molecule is Nc1cc(Oc2ccc([N+](=O)[O-])cc2F)ncn1.O=C(Nc1cc(Oc2ccc([N+](=O)[O-])cc2F)ncn1)Oc1ccccc1. The summed E-state index contributed by atoms with van der Waals surface area (Å²) in [5, 5.41) is 23.4. The number of nitrogens with one attached hydrogen (secondary N) is 1. The van der Waals surface area contributed by atoms with Crippen molar-refractivity contribution in [2.45, 2.75) is 0 Å². The smallest absolute Gasteiger partial charge is 0.418 e. The van der Waals surface area contributed by atoms with Gasteiger partial charge in [-0.15, -0.1) is 0 Å². The molecule has 0 saturated carbocycles. The molecule has 0 radical (unpaired) electrons. The standard InChI is InChI=1S/C17H11FN4O5.C10H7FN4O3/c18-13-8-11(22(24)25)6-7-14(13)27-16-9-15(19-10-20-16)21-17(23)26-12-4-2-1-3-5-12;11-7-3-6(15(16)17)1-2-8(7)18-10-4-9(12)13-5-14-10/h1-10H,(H,19,20,21,23);1-5H,(H2,12,13,14). The molecule has 0 aliphatic rings. The number of non-ortho nitro benzene ring substituents is 2. The fourth-order valence-corrected chi connectivity index (χ4v) is 3.20. The molecule has 0 fully saturated rings. The molecule has 5 aromatic rings. The summed E-state index contributed by atoms with van der Waals surface area (Å²) in [5.41, 5.74) is 4.63. The van der Waals surface area contributed by atoms with Crippen LogP contribution in [0.25, 0.3) is 0 Å². The number of hydrogen-bond donors (Lipinski definition) is 2. The average Bonchev–Trinajstić information content (AvgIpc) is 3.00. The number of benzene rings is 3. The van der Waals surface area contributed by atoms with Gasteiger partial charge in [0.05, 0.1) is 22.0 Å². The van der Waals surface area contributed by atoms with E-state index in [4.69, 9.17) is 19.9 Å². The number of hydrogen-bond acceptors (Lipinski definition) is 13. The van der Waals surface area contributed by atoms with Crippen LogP contribution < -0.4 is 25.3 Å². The van der Waals surface area contributed by atoms with E-state index in [0.29, 0.717) is 5.75 Å². The molecule has 18 heteroatoms. The van der Waals surface area contributed by atoms with Crippen molar-refractivity contribution in [1.82, 2.24) is 19.9 Å². The molecule has 5 rings (SSSR count). The molecular formula is C27H18F2N8O8. The fourth-order valence-electron chi connectivity index (χ4n) is 3.20. The van der Waals surface area contributed by atoms with Crippen LogP contribution >= 0.6 is 0 Å². The zero-order valence-electron chi connectivity index (χ0n) is 22.4. The summed E-state index contributed by atoms with van der Waals surface area (Å²) in [6.07, 6.45) is 1.47. The van der Waals surface area contributed by atoms with Crippen molar-refractivity contribution in [3.05, 3.63) is 123 Å². The first-order chi connectivity index (χ1) is 21.6. The first kappa shape index (κ1) is 31.1. The van der Waals surface area contributed by atoms with Crippen LogP contribution in [0.1, 0.15) is 0 Å². The highest BCUT2D eigenvalue weighted by Crippen LogP contribution is 2.28. The zero-order valence-corrected chi connectivity index (χ0v) is 22.4. The van der Waals surface area contributed by atoms with Crippen LogP contribution in [0, 0.1) is 31.9 Å². The van der Waals surface area contributed by atoms with E-state index in [1.54, 1.807) is 30.3 Å². The molecular weight excluding hydrogens is 602 g/mol. The maximum Gasteiger partial charge on any atom is 0.418 e. The second kappa shape index (κ2) is 14.4. The number of carbonyl (C=O) groups is 1. The number of nitrogens with zero attached hydrogens (tertiary/aromatic N) is 6. The highest BCUT2D eigenvalue weighted by atomic mass is 19.1. The van der Waals surface area contributed by atoms with Gasteiger partial charge in [-0.05, 0) is 24.3 Å². The monoisotopic (exact) mass is 620 g/mol. The van der Waals surface area contributed by atoms with Gasteiger partial charge < -0.3 is 19.9 Å². The Morgan fingerprint density at radius 1 is 0.733 bits per heavy atom. The minimum atomic E-state index is -0.930. The number of nitro groups is 2. The molecule has 0 spiro atoms. The van der Waals surface area contributed by atoms with Gasteiger partial charge in [0.25, 0.3) is 11.4 Å². The molecule has 228 valence electrons. The maximum absolute atomic E-state index is 13.9. The van der Waals surface area contributed by atoms with Crippen molar-refractivity contribution in [2.24, 2.45) is 0 Å². The second-order valence-electron chi connectivity index (χ2n) is 8.30. The minimum Gasteiger partial charge on any atom is -0.436 e. The second-order valence-corrected chi connectivity index (χ2v) is 8.30. The van der Waals surface area contributed by atoms with Gasteiger partial charge in [0, 0.05) is 24.3 Å². The van der Waals surface area contributed by atoms with Crippen LogP contribution in [0.4, 0.5) is 36.6 Å². The Morgan fingerprint density at radius 2 is 1.27 bits per heavy atom. The first-order valence-electron chi connectivity index (χ1n) is 12.2. The number of nitro benzene ring substituents is 2. The van der Waals surface area contributed by atoms with Crippen molar-refractivity contribution >= 4 is 29.1 Å². The predicted molar refractivity (Wildman–Crippen MR) is 151 cm³/mol. The van der Waals surface area contributed by atoms with Crippen LogP contribution in [0.3, 0.4) is 0 Å². The van der Waals surface area contributed by atoms with Crippen molar-refractivity contribution in [3.63, 3.8) is 0 Å². The first-order valence-corrected chi connectivity index (χ1v) is 12.2. The lowest BCUT2D eigenvalue weighted by Crippen LogP contribution is -2.17. The Balaban J connectivity index is 0.000000222. The number of ether oxygens (including phenoxy) is 3. The van der Waals surface area contributed by atoms with Gasteiger partial charge in [-0.2, -0.15) is 0 Å². The van der Waals surface area contributed by atoms with Crippen LogP contribution in [-0.4, -0.2) is 35.9 Å². The van der Waals surface area contributed by atoms with Crippen molar-refractivity contribution in [3.8, 4) is 29.0 Å². The summed E-state index contributed by atoms with van der Waals surface area (Å²) in [7, 11) is 0. The molecule has 0 unspecified atom stereocenters. The quantitative estimate of drug-likeness (QED) is 0.154. The van der Waals surface area contributed by atoms with Gasteiger partial charge in [-0.3, -0.25) is 25.5 Å². The molecule has 16 nitrogen and oxygen atoms in total. The van der Waals surface area contributed by atoms with Gasteiger partial charge in [0.2, 0.25) is 11.8 Å². The number of carbonyl (C=O) groups excluding carboxylic acids is 1. The van der Waals surface area contributed by atoms with E-state index >= 15 is 0 Å². The highest BCUT2D eigenvalue weighted by Gasteiger charge is 2.15. The normalized spacial score (nSPS) is 10.1. The number of para-hydroxylation sites is 1. The summed E-state index contributed by atoms with van der Waals surface area (Å²) in [6.45, 7) is 0. The lowest BCUT2D eigenvalue weighted by atomic mass is 10.3. The molecule has 45 heavy (non-hydrogen) atoms. The van der Waals surface area contributed by atoms with Gasteiger partial charge in [0.15, 0.2) is 23.1 Å². The number of nitrogen functional groups attached to an aromatic ring is 1. The Hall–Kier alpha value is -6.85. The van der Waals surface area contributed by atoms with E-state index in [2.05, 4.69) is 25.3 Å². The van der Waals surface area contributed by atoms with Crippen molar-refractivity contribution in [2.75, 3.05) is 11.1 Å². The Labute approximate surface area is 250 Å². The highest BCUT2D eigenvalue weighted by molar-refractivity contribution is 5.85. The van der Waals surface area contributed by atoms with E-state index in [1.807, 2.05) is 0 Å². The Bertz CT molecular complexity index is 1850. The van der Waals surface area contributed by atoms with E-state index in [0.717, 1.165) is 49.1 Å². The molecule has 2 heterocycles. The Morgan fingerprint density at radius 3 is 1.78 bits per heavy atom. The third-order valence-corrected chi connectivity index (χ3v) is 5.17. The predicted octanol–water partition coefficient (Wildman–Crippen LogP) is 5.83. The van der Waals surface area contributed by atoms with Gasteiger partial charge in [-0.25, -0.2) is 33.5 Å². The van der Waals surface area contributed by atoms with E-state index in [9.17, 15) is 33.8 Å². The van der Waals surface area contributed by atoms with Crippen molar-refractivity contribution in [1.29, 1.82) is 0 Å². The number of amides is 1. The van der Waals surface area contributed by atoms with Crippen LogP contribution in [-0.2, 0) is 0 Å². The number of anilines is 2. The van der Waals surface area contributed by atoms with Gasteiger partial charge in [-0.1, -0.05) is 18.2 Å². The van der Waals surface area contributed by atoms with E-state index < -0.39 is 33.3 Å². The summed E-state index contributed by atoms with van der Waals surface area (Å²) in [6, 6.07) is 16.9. The zero-order chi connectivity index (χ0) is 32.3. The molecule has 3 aromatic carbocycles. The fraction of sp³-hybridized carbons (Fsp3) is 0. The molecule has 1 amide bonds.